The van der Waals surface area contributed by atoms with E-state index in [-0.39, 0.29) is 22.2 Å². The highest BCUT2D eigenvalue weighted by atomic mass is 35.5. The zero-order chi connectivity index (χ0) is 22.2. The molecule has 1 aromatic heterocycles. The SMILES string of the molecule is COc1cc(NC(C)=O)c(Cl)cc1C(=O)Nc1nnc(SCCCc2ccccc2)s1. The minimum absolute atomic E-state index is 0.230. The maximum atomic E-state index is 12.7. The molecule has 162 valence electrons. The Bertz CT molecular complexity index is 1060. The number of anilines is 2. The van der Waals surface area contributed by atoms with E-state index in [0.717, 1.165) is 22.9 Å². The van der Waals surface area contributed by atoms with Gasteiger partial charge in [0.25, 0.3) is 5.91 Å². The Morgan fingerprint density at radius 1 is 1.16 bits per heavy atom. The molecule has 0 fully saturated rings. The number of carbonyl (C=O) groups excluding carboxylic acids is 2. The van der Waals surface area contributed by atoms with E-state index < -0.39 is 5.91 Å². The Balaban J connectivity index is 1.58. The van der Waals surface area contributed by atoms with Gasteiger partial charge in [0.2, 0.25) is 11.0 Å². The number of nitrogens with one attached hydrogen (secondary N) is 2. The lowest BCUT2D eigenvalue weighted by molar-refractivity contribution is -0.114. The summed E-state index contributed by atoms with van der Waals surface area (Å²) in [5, 5.41) is 14.1. The van der Waals surface area contributed by atoms with E-state index in [1.54, 1.807) is 11.8 Å². The third-order valence-corrected chi connectivity index (χ3v) is 6.52. The fourth-order valence-electron chi connectivity index (χ4n) is 2.75. The van der Waals surface area contributed by atoms with Crippen LogP contribution in [0.1, 0.15) is 29.3 Å². The molecule has 0 saturated carbocycles. The van der Waals surface area contributed by atoms with Crippen molar-refractivity contribution in [3.63, 3.8) is 0 Å². The molecule has 0 aliphatic heterocycles. The molecule has 0 aliphatic rings. The summed E-state index contributed by atoms with van der Waals surface area (Å²) in [6, 6.07) is 13.3. The Morgan fingerprint density at radius 3 is 2.65 bits per heavy atom. The monoisotopic (exact) mass is 476 g/mol. The average molecular weight is 477 g/mol. The highest BCUT2D eigenvalue weighted by Gasteiger charge is 2.18. The number of ether oxygens (including phenoxy) is 1. The van der Waals surface area contributed by atoms with Gasteiger partial charge in [0, 0.05) is 18.7 Å². The van der Waals surface area contributed by atoms with Crippen LogP contribution in [0.2, 0.25) is 5.02 Å². The van der Waals surface area contributed by atoms with E-state index in [9.17, 15) is 9.59 Å². The second-order valence-corrected chi connectivity index (χ2v) is 9.21. The second-order valence-electron chi connectivity index (χ2n) is 6.48. The summed E-state index contributed by atoms with van der Waals surface area (Å²) in [6.45, 7) is 1.37. The molecular formula is C21H21ClN4O3S2. The van der Waals surface area contributed by atoms with Crippen LogP contribution in [-0.2, 0) is 11.2 Å². The van der Waals surface area contributed by atoms with Crippen molar-refractivity contribution >= 4 is 57.3 Å². The molecule has 10 heteroatoms. The molecule has 0 radical (unpaired) electrons. The first-order valence-corrected chi connectivity index (χ1v) is 11.6. The highest BCUT2D eigenvalue weighted by Crippen LogP contribution is 2.32. The smallest absolute Gasteiger partial charge is 0.261 e. The molecule has 2 aromatic carbocycles. The number of nitrogens with zero attached hydrogens (tertiary/aromatic N) is 2. The molecular weight excluding hydrogens is 456 g/mol. The van der Waals surface area contributed by atoms with Crippen molar-refractivity contribution in [2.24, 2.45) is 0 Å². The summed E-state index contributed by atoms with van der Waals surface area (Å²) in [5.74, 6) is 0.491. The van der Waals surface area contributed by atoms with Crippen LogP contribution < -0.4 is 15.4 Å². The number of rotatable bonds is 9. The Morgan fingerprint density at radius 2 is 1.94 bits per heavy atom. The lowest BCUT2D eigenvalue weighted by Gasteiger charge is -2.12. The fraction of sp³-hybridized carbons (Fsp3) is 0.238. The molecule has 0 bridgehead atoms. The zero-order valence-electron chi connectivity index (χ0n) is 17.0. The summed E-state index contributed by atoms with van der Waals surface area (Å²) >= 11 is 9.11. The normalized spacial score (nSPS) is 10.5. The number of hydrogen-bond acceptors (Lipinski definition) is 7. The maximum absolute atomic E-state index is 12.7. The molecule has 0 spiro atoms. The van der Waals surface area contributed by atoms with E-state index in [0.29, 0.717) is 10.8 Å². The summed E-state index contributed by atoms with van der Waals surface area (Å²) in [4.78, 5) is 24.0. The predicted octanol–water partition coefficient (Wildman–Crippen LogP) is 5.14. The molecule has 3 aromatic rings. The van der Waals surface area contributed by atoms with Crippen LogP contribution in [-0.4, -0.2) is 34.9 Å². The van der Waals surface area contributed by atoms with Crippen LogP contribution in [0.4, 0.5) is 10.8 Å². The summed E-state index contributed by atoms with van der Waals surface area (Å²) in [7, 11) is 1.44. The maximum Gasteiger partial charge on any atom is 0.261 e. The first-order valence-electron chi connectivity index (χ1n) is 9.43. The quantitative estimate of drug-likeness (QED) is 0.252. The van der Waals surface area contributed by atoms with Gasteiger partial charge in [-0.25, -0.2) is 0 Å². The zero-order valence-corrected chi connectivity index (χ0v) is 19.4. The third kappa shape index (κ3) is 6.68. The van der Waals surface area contributed by atoms with Crippen molar-refractivity contribution in [1.82, 2.24) is 10.2 Å². The highest BCUT2D eigenvalue weighted by molar-refractivity contribution is 8.01. The number of aryl methyl sites for hydroxylation is 1. The van der Waals surface area contributed by atoms with Crippen molar-refractivity contribution in [1.29, 1.82) is 0 Å². The number of thioether (sulfide) groups is 1. The summed E-state index contributed by atoms with van der Waals surface area (Å²) in [6.07, 6.45) is 2.03. The standard InChI is InChI=1S/C21H21ClN4O3S2/c1-13(27)23-17-12-18(29-2)15(11-16(17)22)19(28)24-20-25-26-21(31-20)30-10-6-9-14-7-4-3-5-8-14/h3-5,7-8,11-12H,6,9-10H2,1-2H3,(H,23,27)(H,24,25,28). The summed E-state index contributed by atoms with van der Waals surface area (Å²) in [5.41, 5.74) is 1.91. The van der Waals surface area contributed by atoms with Crippen molar-refractivity contribution < 1.29 is 14.3 Å². The van der Waals surface area contributed by atoms with E-state index in [1.165, 1.54) is 43.1 Å². The molecule has 3 rings (SSSR count). The van der Waals surface area contributed by atoms with Crippen LogP contribution in [0.25, 0.3) is 0 Å². The molecule has 0 unspecified atom stereocenters. The third-order valence-electron chi connectivity index (χ3n) is 4.15. The fourth-order valence-corrected chi connectivity index (χ4v) is 4.72. The van der Waals surface area contributed by atoms with Gasteiger partial charge in [0.15, 0.2) is 4.34 Å². The summed E-state index contributed by atoms with van der Waals surface area (Å²) < 4.78 is 6.07. The molecule has 2 amide bonds. The van der Waals surface area contributed by atoms with Crippen LogP contribution in [0, 0.1) is 0 Å². The Labute approximate surface area is 193 Å². The van der Waals surface area contributed by atoms with Crippen molar-refractivity contribution in [3.05, 3.63) is 58.6 Å². The number of aromatic nitrogens is 2. The van der Waals surface area contributed by atoms with Gasteiger partial charge in [-0.3, -0.25) is 14.9 Å². The van der Waals surface area contributed by atoms with Crippen LogP contribution in [0.5, 0.6) is 5.75 Å². The number of carbonyl (C=O) groups is 2. The van der Waals surface area contributed by atoms with Gasteiger partial charge in [-0.2, -0.15) is 0 Å². The van der Waals surface area contributed by atoms with Gasteiger partial charge in [-0.1, -0.05) is 65.0 Å². The van der Waals surface area contributed by atoms with Crippen LogP contribution in [0.3, 0.4) is 0 Å². The van der Waals surface area contributed by atoms with E-state index >= 15 is 0 Å². The van der Waals surface area contributed by atoms with Gasteiger partial charge in [0.05, 0.1) is 23.4 Å². The van der Waals surface area contributed by atoms with Crippen LogP contribution in [0.15, 0.2) is 46.8 Å². The average Bonchev–Trinajstić information content (AvgIpc) is 3.20. The van der Waals surface area contributed by atoms with Crippen LogP contribution >= 0.6 is 34.7 Å². The molecule has 1 heterocycles. The van der Waals surface area contributed by atoms with Crippen molar-refractivity contribution in [2.45, 2.75) is 24.1 Å². The molecule has 0 aliphatic carbocycles. The number of methoxy groups -OCH3 is 1. The number of hydrogen-bond donors (Lipinski definition) is 2. The largest absolute Gasteiger partial charge is 0.496 e. The number of halogens is 1. The lowest BCUT2D eigenvalue weighted by Crippen LogP contribution is -2.14. The topological polar surface area (TPSA) is 93.2 Å². The van der Waals surface area contributed by atoms with Gasteiger partial charge in [-0.15, -0.1) is 10.2 Å². The predicted molar refractivity (Wildman–Crippen MR) is 126 cm³/mol. The van der Waals surface area contributed by atoms with E-state index in [1.807, 2.05) is 18.2 Å². The lowest BCUT2D eigenvalue weighted by atomic mass is 10.1. The second kappa shape index (κ2) is 11.1. The van der Waals surface area contributed by atoms with E-state index in [4.69, 9.17) is 16.3 Å². The number of benzene rings is 2. The van der Waals surface area contributed by atoms with E-state index in [2.05, 4.69) is 33.0 Å². The van der Waals surface area contributed by atoms with Crippen molar-refractivity contribution in [2.75, 3.05) is 23.5 Å². The first kappa shape index (κ1) is 23.1. The molecule has 31 heavy (non-hydrogen) atoms. The minimum atomic E-state index is -0.426. The van der Waals surface area contributed by atoms with Crippen molar-refractivity contribution in [3.8, 4) is 5.75 Å². The van der Waals surface area contributed by atoms with Gasteiger partial charge in [-0.05, 0) is 24.5 Å². The molecule has 0 saturated heterocycles. The van der Waals surface area contributed by atoms with Gasteiger partial charge < -0.3 is 10.1 Å². The minimum Gasteiger partial charge on any atom is -0.496 e. The Hall–Kier alpha value is -2.62. The van der Waals surface area contributed by atoms with Gasteiger partial charge in [0.1, 0.15) is 5.75 Å². The first-order chi connectivity index (χ1) is 15.0. The molecule has 2 N–H and O–H groups in total. The molecule has 7 nitrogen and oxygen atoms in total. The van der Waals surface area contributed by atoms with Gasteiger partial charge >= 0.3 is 0 Å². The molecule has 0 atom stereocenters. The Kier molecular flexibility index (Phi) is 8.27. The number of amides is 2.